The summed E-state index contributed by atoms with van der Waals surface area (Å²) in [6.45, 7) is 0.0949. The number of ether oxygens (including phenoxy) is 3. The van der Waals surface area contributed by atoms with E-state index in [1.54, 1.807) is 18.2 Å². The number of para-hydroxylation sites is 1. The van der Waals surface area contributed by atoms with Crippen molar-refractivity contribution in [2.45, 2.75) is 18.4 Å². The van der Waals surface area contributed by atoms with Crippen LogP contribution in [0.15, 0.2) is 42.5 Å². The Balaban J connectivity index is 1.47. The molecule has 0 radical (unpaired) electrons. The van der Waals surface area contributed by atoms with Crippen molar-refractivity contribution < 1.29 is 24.1 Å². The topological polar surface area (TPSA) is 77.0 Å². The van der Waals surface area contributed by atoms with E-state index < -0.39 is 6.10 Å². The quantitative estimate of drug-likeness (QED) is 0.670. The second-order valence-electron chi connectivity index (χ2n) is 6.67. The summed E-state index contributed by atoms with van der Waals surface area (Å²) in [5.74, 6) is 1.38. The van der Waals surface area contributed by atoms with Gasteiger partial charge in [-0.2, -0.15) is 0 Å². The van der Waals surface area contributed by atoms with Crippen molar-refractivity contribution in [1.29, 1.82) is 0 Å². The van der Waals surface area contributed by atoms with E-state index in [0.717, 1.165) is 12.0 Å². The summed E-state index contributed by atoms with van der Waals surface area (Å²) in [6.07, 6.45) is -0.100. The largest absolute Gasteiger partial charge is 0.493 e. The molecule has 0 heterocycles. The van der Waals surface area contributed by atoms with Crippen molar-refractivity contribution in [3.05, 3.63) is 53.1 Å². The van der Waals surface area contributed by atoms with E-state index in [9.17, 15) is 9.90 Å². The molecule has 3 unspecified atom stereocenters. The van der Waals surface area contributed by atoms with Crippen molar-refractivity contribution in [3.8, 4) is 17.2 Å². The third-order valence-corrected chi connectivity index (χ3v) is 5.09. The van der Waals surface area contributed by atoms with Crippen LogP contribution >= 0.6 is 11.6 Å². The fraction of sp³-hybridized carbons (Fsp3) is 0.381. The predicted octanol–water partition coefficient (Wildman–Crippen LogP) is 3.02. The van der Waals surface area contributed by atoms with Crippen LogP contribution in [0.25, 0.3) is 0 Å². The van der Waals surface area contributed by atoms with Gasteiger partial charge in [0.25, 0.3) is 0 Å². The molecule has 6 nitrogen and oxygen atoms in total. The highest BCUT2D eigenvalue weighted by molar-refractivity contribution is 6.31. The molecule has 2 aromatic carbocycles. The molecule has 1 aliphatic rings. The van der Waals surface area contributed by atoms with E-state index in [1.807, 2.05) is 24.3 Å². The molecule has 0 spiro atoms. The van der Waals surface area contributed by atoms with Gasteiger partial charge in [0, 0.05) is 17.5 Å². The Kier molecular flexibility index (Phi) is 6.65. The first kappa shape index (κ1) is 20.3. The summed E-state index contributed by atoms with van der Waals surface area (Å²) in [4.78, 5) is 12.3. The zero-order valence-corrected chi connectivity index (χ0v) is 16.6. The minimum Gasteiger partial charge on any atom is -0.493 e. The fourth-order valence-electron chi connectivity index (χ4n) is 3.15. The highest BCUT2D eigenvalue weighted by Crippen LogP contribution is 2.49. The van der Waals surface area contributed by atoms with E-state index >= 15 is 0 Å². The average Bonchev–Trinajstić information content (AvgIpc) is 3.51. The number of rotatable bonds is 9. The number of nitrogens with one attached hydrogen (secondary N) is 1. The maximum atomic E-state index is 12.3. The Morgan fingerprint density at radius 1 is 1.18 bits per heavy atom. The summed E-state index contributed by atoms with van der Waals surface area (Å²) >= 11 is 6.20. The summed E-state index contributed by atoms with van der Waals surface area (Å²) in [7, 11) is 3.06. The zero-order chi connectivity index (χ0) is 20.1. The number of aliphatic hydroxyl groups is 1. The minimum atomic E-state index is -0.865. The van der Waals surface area contributed by atoms with Crippen LogP contribution in [0, 0.1) is 5.92 Å². The number of carbonyl (C=O) groups excluding carboxylic acids is 1. The molecule has 1 amide bonds. The molecule has 1 fully saturated rings. The predicted molar refractivity (Wildman–Crippen MR) is 106 cm³/mol. The lowest BCUT2D eigenvalue weighted by Crippen LogP contribution is -2.36. The van der Waals surface area contributed by atoms with Crippen molar-refractivity contribution >= 4 is 17.5 Å². The number of amides is 1. The molecule has 28 heavy (non-hydrogen) atoms. The van der Waals surface area contributed by atoms with Crippen LogP contribution in [0.5, 0.6) is 17.2 Å². The highest BCUT2D eigenvalue weighted by atomic mass is 35.5. The van der Waals surface area contributed by atoms with Crippen molar-refractivity contribution in [2.24, 2.45) is 5.92 Å². The Morgan fingerprint density at radius 2 is 1.86 bits per heavy atom. The first-order valence-electron chi connectivity index (χ1n) is 9.09. The summed E-state index contributed by atoms with van der Waals surface area (Å²) < 4.78 is 16.2. The lowest BCUT2D eigenvalue weighted by atomic mass is 10.1. The van der Waals surface area contributed by atoms with Crippen LogP contribution in [0.3, 0.4) is 0 Å². The van der Waals surface area contributed by atoms with Gasteiger partial charge in [0.05, 0.1) is 14.2 Å². The Hall–Kier alpha value is -2.44. The number of hydrogen-bond acceptors (Lipinski definition) is 5. The van der Waals surface area contributed by atoms with Gasteiger partial charge in [-0.1, -0.05) is 35.9 Å². The molecule has 3 atom stereocenters. The van der Waals surface area contributed by atoms with E-state index in [4.69, 9.17) is 25.8 Å². The summed E-state index contributed by atoms with van der Waals surface area (Å²) in [6, 6.07) is 12.8. The van der Waals surface area contributed by atoms with E-state index in [-0.39, 0.29) is 30.9 Å². The van der Waals surface area contributed by atoms with Gasteiger partial charge in [0.15, 0.2) is 11.5 Å². The molecule has 1 aliphatic carbocycles. The van der Waals surface area contributed by atoms with Gasteiger partial charge in [-0.05, 0) is 36.1 Å². The van der Waals surface area contributed by atoms with Crippen molar-refractivity contribution in [3.63, 3.8) is 0 Å². The van der Waals surface area contributed by atoms with Crippen LogP contribution in [-0.4, -0.2) is 44.5 Å². The lowest BCUT2D eigenvalue weighted by molar-refractivity contribution is -0.122. The molecule has 1 saturated carbocycles. The normalized spacial score (nSPS) is 18.9. The van der Waals surface area contributed by atoms with Gasteiger partial charge < -0.3 is 24.6 Å². The molecule has 0 saturated heterocycles. The third kappa shape index (κ3) is 4.69. The van der Waals surface area contributed by atoms with Crippen molar-refractivity contribution in [2.75, 3.05) is 27.4 Å². The smallest absolute Gasteiger partial charge is 0.223 e. The van der Waals surface area contributed by atoms with E-state index in [2.05, 4.69) is 5.32 Å². The van der Waals surface area contributed by atoms with Gasteiger partial charge in [-0.25, -0.2) is 0 Å². The number of halogens is 1. The number of methoxy groups -OCH3 is 2. The molecule has 0 aromatic heterocycles. The zero-order valence-electron chi connectivity index (χ0n) is 15.9. The van der Waals surface area contributed by atoms with Crippen LogP contribution in [0.4, 0.5) is 0 Å². The van der Waals surface area contributed by atoms with Gasteiger partial charge in [-0.15, -0.1) is 0 Å². The number of carbonyl (C=O) groups is 1. The first-order chi connectivity index (χ1) is 13.5. The van der Waals surface area contributed by atoms with Gasteiger partial charge in [0.1, 0.15) is 12.7 Å². The minimum absolute atomic E-state index is 0.00434. The number of aliphatic hydroxyl groups excluding tert-OH is 1. The molecule has 7 heteroatoms. The number of hydrogen-bond donors (Lipinski definition) is 2. The second kappa shape index (κ2) is 9.17. The third-order valence-electron chi connectivity index (χ3n) is 4.75. The molecular formula is C21H24ClNO5. The molecule has 3 rings (SSSR count). The van der Waals surface area contributed by atoms with Crippen LogP contribution in [0.2, 0.25) is 5.02 Å². The maximum Gasteiger partial charge on any atom is 0.223 e. The lowest BCUT2D eigenvalue weighted by Gasteiger charge is -2.17. The summed E-state index contributed by atoms with van der Waals surface area (Å²) in [5.41, 5.74) is 0.997. The van der Waals surface area contributed by atoms with Crippen LogP contribution in [-0.2, 0) is 4.79 Å². The van der Waals surface area contributed by atoms with Crippen molar-refractivity contribution in [1.82, 2.24) is 5.32 Å². The molecule has 2 aromatic rings. The van der Waals surface area contributed by atoms with E-state index in [1.165, 1.54) is 14.2 Å². The van der Waals surface area contributed by atoms with Crippen LogP contribution < -0.4 is 19.5 Å². The molecular weight excluding hydrogens is 382 g/mol. The van der Waals surface area contributed by atoms with Crippen LogP contribution in [0.1, 0.15) is 17.9 Å². The Morgan fingerprint density at radius 3 is 2.50 bits per heavy atom. The van der Waals surface area contributed by atoms with Gasteiger partial charge in [0.2, 0.25) is 11.7 Å². The molecule has 150 valence electrons. The highest BCUT2D eigenvalue weighted by Gasteiger charge is 2.44. The summed E-state index contributed by atoms with van der Waals surface area (Å²) in [5, 5.41) is 13.6. The maximum absolute atomic E-state index is 12.3. The molecule has 2 N–H and O–H groups in total. The fourth-order valence-corrected chi connectivity index (χ4v) is 3.43. The number of benzene rings is 2. The first-order valence-corrected chi connectivity index (χ1v) is 9.47. The molecule has 0 aliphatic heterocycles. The van der Waals surface area contributed by atoms with E-state index in [0.29, 0.717) is 22.3 Å². The Bertz CT molecular complexity index is 806. The monoisotopic (exact) mass is 405 g/mol. The average molecular weight is 406 g/mol. The molecule has 0 bridgehead atoms. The second-order valence-corrected chi connectivity index (χ2v) is 7.08. The SMILES string of the molecule is COc1cccc(OC)c1OCC(O)CNC(=O)C1CC1c1ccccc1Cl. The Labute approximate surface area is 169 Å². The van der Waals surface area contributed by atoms with Gasteiger partial charge >= 0.3 is 0 Å². The standard InChI is InChI=1S/C21H24ClNO5/c1-26-18-8-5-9-19(27-2)20(18)28-12-13(24)11-23-21(25)16-10-15(16)14-6-3-4-7-17(14)22/h3-9,13,15-16,24H,10-12H2,1-2H3,(H,23,25). The van der Waals surface area contributed by atoms with Gasteiger partial charge in [-0.3, -0.25) is 4.79 Å².